The fourth-order valence-corrected chi connectivity index (χ4v) is 3.00. The molecule has 2 rings (SSSR count). The van der Waals surface area contributed by atoms with Crippen LogP contribution in [0.5, 0.6) is 0 Å². The molecule has 0 bridgehead atoms. The second kappa shape index (κ2) is 5.54. The summed E-state index contributed by atoms with van der Waals surface area (Å²) in [7, 11) is 0. The number of rotatable bonds is 3. The summed E-state index contributed by atoms with van der Waals surface area (Å²) in [5, 5.41) is 7.34. The maximum atomic E-state index is 14.1. The molecule has 0 unspecified atom stereocenters. The zero-order valence-corrected chi connectivity index (χ0v) is 11.7. The van der Waals surface area contributed by atoms with Crippen LogP contribution in [0.4, 0.5) is 4.39 Å². The molecule has 2 aromatic carbocycles. The average molecular weight is 325 g/mol. The number of halogens is 2. The lowest BCUT2D eigenvalue weighted by atomic mass is 10.2. The first-order valence-corrected chi connectivity index (χ1v) is 6.76. The van der Waals surface area contributed by atoms with E-state index in [2.05, 4.69) is 15.9 Å². The van der Waals surface area contributed by atoms with Crippen LogP contribution < -0.4 is 5.73 Å². The summed E-state index contributed by atoms with van der Waals surface area (Å²) in [6.45, 7) is 0. The molecule has 0 saturated carbocycles. The Bertz CT molecular complexity index is 587. The number of hydrogen-bond donors (Lipinski definition) is 2. The van der Waals surface area contributed by atoms with E-state index >= 15 is 0 Å². The highest BCUT2D eigenvalue weighted by molar-refractivity contribution is 9.10. The molecule has 3 N–H and O–H groups in total. The Morgan fingerprint density at radius 1 is 1.17 bits per heavy atom. The first-order chi connectivity index (χ1) is 8.59. The average Bonchev–Trinajstić information content (AvgIpc) is 2.36. The summed E-state index contributed by atoms with van der Waals surface area (Å²) in [5.41, 5.74) is 5.73. The van der Waals surface area contributed by atoms with Crippen LogP contribution in [0.2, 0.25) is 0 Å². The highest BCUT2D eigenvalue weighted by Gasteiger charge is 2.13. The molecule has 0 atom stereocenters. The molecule has 0 fully saturated rings. The second-order valence-electron chi connectivity index (χ2n) is 3.57. The Labute approximate surface area is 117 Å². The highest BCUT2D eigenvalue weighted by atomic mass is 79.9. The van der Waals surface area contributed by atoms with Crippen LogP contribution in [0, 0.1) is 11.2 Å². The SMILES string of the molecule is N=C(N)c1ccc(Sc2ccccc2)c(F)c1Br. The molecule has 0 aliphatic rings. The molecule has 2 nitrogen and oxygen atoms in total. The molecule has 0 aliphatic heterocycles. The van der Waals surface area contributed by atoms with Crippen molar-refractivity contribution in [3.05, 3.63) is 58.3 Å². The quantitative estimate of drug-likeness (QED) is 0.661. The van der Waals surface area contributed by atoms with E-state index < -0.39 is 5.82 Å². The van der Waals surface area contributed by atoms with E-state index in [1.165, 1.54) is 11.8 Å². The van der Waals surface area contributed by atoms with Gasteiger partial charge in [-0.1, -0.05) is 30.0 Å². The van der Waals surface area contributed by atoms with Gasteiger partial charge in [0.2, 0.25) is 0 Å². The van der Waals surface area contributed by atoms with Gasteiger partial charge in [0.25, 0.3) is 0 Å². The van der Waals surface area contributed by atoms with E-state index in [1.807, 2.05) is 30.3 Å². The summed E-state index contributed by atoms with van der Waals surface area (Å²) in [6.07, 6.45) is 0. The maximum absolute atomic E-state index is 14.1. The summed E-state index contributed by atoms with van der Waals surface area (Å²) < 4.78 is 14.3. The van der Waals surface area contributed by atoms with Gasteiger partial charge in [-0.05, 0) is 40.2 Å². The molecule has 5 heteroatoms. The van der Waals surface area contributed by atoms with Gasteiger partial charge >= 0.3 is 0 Å². The Kier molecular flexibility index (Phi) is 4.04. The molecule has 0 aliphatic carbocycles. The standard InChI is InChI=1S/C13H10BrFN2S/c14-11-9(13(16)17)6-7-10(12(11)15)18-8-4-2-1-3-5-8/h1-7H,(H3,16,17). The van der Waals surface area contributed by atoms with Gasteiger partial charge in [-0.3, -0.25) is 5.41 Å². The van der Waals surface area contributed by atoms with Crippen LogP contribution in [-0.4, -0.2) is 5.84 Å². The molecule has 2 aromatic rings. The molecule has 0 heterocycles. The van der Waals surface area contributed by atoms with Crippen LogP contribution in [0.25, 0.3) is 0 Å². The van der Waals surface area contributed by atoms with Crippen LogP contribution in [0.15, 0.2) is 56.7 Å². The minimum atomic E-state index is -0.392. The molecule has 18 heavy (non-hydrogen) atoms. The Morgan fingerprint density at radius 2 is 1.83 bits per heavy atom. The van der Waals surface area contributed by atoms with Gasteiger partial charge in [0.1, 0.15) is 5.84 Å². The van der Waals surface area contributed by atoms with Crippen LogP contribution >= 0.6 is 27.7 Å². The summed E-state index contributed by atoms with van der Waals surface area (Å²) in [5.74, 6) is -0.548. The zero-order chi connectivity index (χ0) is 13.1. The topological polar surface area (TPSA) is 49.9 Å². The normalized spacial score (nSPS) is 10.3. The molecule has 0 radical (unpaired) electrons. The number of benzene rings is 2. The van der Waals surface area contributed by atoms with E-state index in [9.17, 15) is 4.39 Å². The molecular weight excluding hydrogens is 315 g/mol. The number of nitrogen functional groups attached to an aromatic ring is 1. The lowest BCUT2D eigenvalue weighted by Crippen LogP contribution is -2.12. The smallest absolute Gasteiger partial charge is 0.152 e. The van der Waals surface area contributed by atoms with Crippen molar-refractivity contribution in [1.29, 1.82) is 5.41 Å². The van der Waals surface area contributed by atoms with Gasteiger partial charge < -0.3 is 5.73 Å². The van der Waals surface area contributed by atoms with E-state index in [0.29, 0.717) is 10.5 Å². The van der Waals surface area contributed by atoms with Crippen molar-refractivity contribution >= 4 is 33.5 Å². The van der Waals surface area contributed by atoms with Gasteiger partial charge in [0, 0.05) is 15.4 Å². The summed E-state index contributed by atoms with van der Waals surface area (Å²) in [4.78, 5) is 1.46. The fraction of sp³-hybridized carbons (Fsp3) is 0. The van der Waals surface area contributed by atoms with Crippen LogP contribution in [0.3, 0.4) is 0 Å². The fourth-order valence-electron chi connectivity index (χ4n) is 1.43. The minimum Gasteiger partial charge on any atom is -0.384 e. The largest absolute Gasteiger partial charge is 0.384 e. The number of hydrogen-bond acceptors (Lipinski definition) is 2. The van der Waals surface area contributed by atoms with Gasteiger partial charge in [-0.25, -0.2) is 4.39 Å². The molecule has 0 amide bonds. The lowest BCUT2D eigenvalue weighted by molar-refractivity contribution is 0.594. The highest BCUT2D eigenvalue weighted by Crippen LogP contribution is 2.34. The van der Waals surface area contributed by atoms with E-state index in [4.69, 9.17) is 11.1 Å². The van der Waals surface area contributed by atoms with Crippen molar-refractivity contribution in [2.45, 2.75) is 9.79 Å². The van der Waals surface area contributed by atoms with Crippen LogP contribution in [-0.2, 0) is 0 Å². The lowest BCUT2D eigenvalue weighted by Gasteiger charge is -2.08. The third kappa shape index (κ3) is 2.73. The van der Waals surface area contributed by atoms with Crippen LogP contribution in [0.1, 0.15) is 5.56 Å². The van der Waals surface area contributed by atoms with Crippen molar-refractivity contribution in [3.63, 3.8) is 0 Å². The maximum Gasteiger partial charge on any atom is 0.152 e. The Morgan fingerprint density at radius 3 is 2.44 bits per heavy atom. The molecule has 92 valence electrons. The Hall–Kier alpha value is -1.33. The third-order valence-electron chi connectivity index (χ3n) is 2.31. The third-order valence-corrected chi connectivity index (χ3v) is 4.13. The van der Waals surface area contributed by atoms with Gasteiger partial charge in [-0.15, -0.1) is 0 Å². The number of nitrogens with one attached hydrogen (secondary N) is 1. The van der Waals surface area contributed by atoms with E-state index in [-0.39, 0.29) is 10.3 Å². The summed E-state index contributed by atoms with van der Waals surface area (Å²) >= 11 is 4.47. The second-order valence-corrected chi connectivity index (χ2v) is 5.48. The number of nitrogens with two attached hydrogens (primary N) is 1. The van der Waals surface area contributed by atoms with Crippen molar-refractivity contribution in [2.75, 3.05) is 0 Å². The predicted octanol–water partition coefficient (Wildman–Crippen LogP) is 4.02. The van der Waals surface area contributed by atoms with E-state index in [1.54, 1.807) is 12.1 Å². The minimum absolute atomic E-state index is 0.156. The Balaban J connectivity index is 2.36. The van der Waals surface area contributed by atoms with Gasteiger partial charge in [0.15, 0.2) is 5.82 Å². The van der Waals surface area contributed by atoms with E-state index in [0.717, 1.165) is 4.90 Å². The zero-order valence-electron chi connectivity index (χ0n) is 9.28. The monoisotopic (exact) mass is 324 g/mol. The number of amidine groups is 1. The molecule has 0 spiro atoms. The van der Waals surface area contributed by atoms with Gasteiger partial charge in [-0.2, -0.15) is 0 Å². The van der Waals surface area contributed by atoms with Crippen molar-refractivity contribution in [2.24, 2.45) is 5.73 Å². The molecule has 0 aromatic heterocycles. The predicted molar refractivity (Wildman–Crippen MR) is 75.7 cm³/mol. The molecular formula is C13H10BrFN2S. The van der Waals surface area contributed by atoms with Gasteiger partial charge in [0.05, 0.1) is 4.47 Å². The van der Waals surface area contributed by atoms with Crippen molar-refractivity contribution in [1.82, 2.24) is 0 Å². The first kappa shape index (κ1) is 13.1. The van der Waals surface area contributed by atoms with Crippen molar-refractivity contribution in [3.8, 4) is 0 Å². The molecule has 0 saturated heterocycles. The van der Waals surface area contributed by atoms with Crippen molar-refractivity contribution < 1.29 is 4.39 Å². The summed E-state index contributed by atoms with van der Waals surface area (Å²) in [6, 6.07) is 12.8. The first-order valence-electron chi connectivity index (χ1n) is 5.15.